The second kappa shape index (κ2) is 8.47. The van der Waals surface area contributed by atoms with Gasteiger partial charge in [0.05, 0.1) is 18.4 Å². The zero-order valence-corrected chi connectivity index (χ0v) is 12.0. The molecular weight excluding hydrogens is 261 g/mol. The van der Waals surface area contributed by atoms with E-state index < -0.39 is 5.82 Å². The molecular formula is C14H22FN3O2. The van der Waals surface area contributed by atoms with Gasteiger partial charge in [0.15, 0.2) is 0 Å². The van der Waals surface area contributed by atoms with Gasteiger partial charge >= 0.3 is 0 Å². The van der Waals surface area contributed by atoms with Crippen LogP contribution in [-0.2, 0) is 0 Å². The highest BCUT2D eigenvalue weighted by atomic mass is 19.1. The summed E-state index contributed by atoms with van der Waals surface area (Å²) in [6.07, 6.45) is 2.74. The smallest absolute Gasteiger partial charge is 0.257 e. The summed E-state index contributed by atoms with van der Waals surface area (Å²) in [4.78, 5) is 17.9. The van der Waals surface area contributed by atoms with Gasteiger partial charge in [0.25, 0.3) is 5.91 Å². The van der Waals surface area contributed by atoms with Gasteiger partial charge in [-0.3, -0.25) is 4.79 Å². The maximum absolute atomic E-state index is 13.4. The van der Waals surface area contributed by atoms with Crippen LogP contribution in [0.2, 0.25) is 0 Å². The van der Waals surface area contributed by atoms with Crippen molar-refractivity contribution in [2.75, 3.05) is 31.6 Å². The lowest BCUT2D eigenvalue weighted by atomic mass is 10.2. The topological polar surface area (TPSA) is 65.5 Å². The molecule has 1 heterocycles. The molecule has 6 heteroatoms. The van der Waals surface area contributed by atoms with Crippen LogP contribution < -0.4 is 5.32 Å². The maximum Gasteiger partial charge on any atom is 0.257 e. The molecule has 0 aromatic carbocycles. The van der Waals surface area contributed by atoms with Crippen LogP contribution >= 0.6 is 0 Å². The number of hydrogen-bond donors (Lipinski definition) is 2. The molecule has 0 saturated heterocycles. The molecule has 0 unspecified atom stereocenters. The van der Waals surface area contributed by atoms with Crippen LogP contribution in [0.25, 0.3) is 0 Å². The van der Waals surface area contributed by atoms with Gasteiger partial charge in [0.2, 0.25) is 0 Å². The van der Waals surface area contributed by atoms with E-state index in [1.165, 1.54) is 11.0 Å². The Labute approximate surface area is 118 Å². The van der Waals surface area contributed by atoms with Crippen molar-refractivity contribution in [3.63, 3.8) is 0 Å². The minimum absolute atomic E-state index is 0.119. The molecule has 0 saturated carbocycles. The maximum atomic E-state index is 13.4. The number of aliphatic hydroxyl groups is 1. The summed E-state index contributed by atoms with van der Waals surface area (Å²) >= 11 is 0. The second-order valence-electron chi connectivity index (χ2n) is 4.49. The molecule has 1 aromatic heterocycles. The first kappa shape index (κ1) is 16.4. The van der Waals surface area contributed by atoms with E-state index in [1.54, 1.807) is 0 Å². The normalized spacial score (nSPS) is 10.4. The number of hydrogen-bond acceptors (Lipinski definition) is 4. The summed E-state index contributed by atoms with van der Waals surface area (Å²) in [6.45, 7) is 5.23. The molecule has 1 aromatic rings. The van der Waals surface area contributed by atoms with E-state index in [2.05, 4.69) is 10.3 Å². The summed E-state index contributed by atoms with van der Waals surface area (Å²) in [6, 6.07) is 1.19. The second-order valence-corrected chi connectivity index (χ2v) is 4.49. The minimum Gasteiger partial charge on any atom is -0.395 e. The van der Waals surface area contributed by atoms with E-state index in [9.17, 15) is 9.18 Å². The fourth-order valence-electron chi connectivity index (χ4n) is 1.86. The average Bonchev–Trinajstić information content (AvgIpc) is 2.45. The summed E-state index contributed by atoms with van der Waals surface area (Å²) in [5.41, 5.74) is 0.209. The van der Waals surface area contributed by atoms with Crippen molar-refractivity contribution >= 4 is 11.7 Å². The van der Waals surface area contributed by atoms with Crippen molar-refractivity contribution in [1.82, 2.24) is 9.88 Å². The standard InChI is InChI=1S/C14H22FN3O2/c1-3-5-16-13-12(9-11(15)10-17-13)14(20)18(6-4-2)7-8-19/h9-10,19H,3-8H2,1-2H3,(H,16,17). The van der Waals surface area contributed by atoms with Crippen LogP contribution in [0.1, 0.15) is 37.0 Å². The van der Waals surface area contributed by atoms with Gasteiger partial charge in [-0.25, -0.2) is 9.37 Å². The zero-order valence-electron chi connectivity index (χ0n) is 12.0. The fourth-order valence-corrected chi connectivity index (χ4v) is 1.86. The molecule has 0 spiro atoms. The number of anilines is 1. The molecule has 0 radical (unpaired) electrons. The Hall–Kier alpha value is -1.69. The molecule has 1 rings (SSSR count). The SMILES string of the molecule is CCCNc1ncc(F)cc1C(=O)N(CCC)CCO. The lowest BCUT2D eigenvalue weighted by Gasteiger charge is -2.22. The van der Waals surface area contributed by atoms with E-state index >= 15 is 0 Å². The zero-order chi connectivity index (χ0) is 15.0. The summed E-state index contributed by atoms with van der Waals surface area (Å²) in [5, 5.41) is 12.0. The van der Waals surface area contributed by atoms with Gasteiger partial charge in [-0.05, 0) is 18.9 Å². The number of carbonyl (C=O) groups is 1. The summed E-state index contributed by atoms with van der Waals surface area (Å²) in [5.74, 6) is -0.473. The van der Waals surface area contributed by atoms with E-state index in [0.717, 1.165) is 19.0 Å². The molecule has 0 aliphatic carbocycles. The highest BCUT2D eigenvalue weighted by Gasteiger charge is 2.19. The number of rotatable bonds is 8. The molecule has 2 N–H and O–H groups in total. The van der Waals surface area contributed by atoms with Crippen molar-refractivity contribution < 1.29 is 14.3 Å². The van der Waals surface area contributed by atoms with Gasteiger partial charge in [0.1, 0.15) is 11.6 Å². The number of amides is 1. The highest BCUT2D eigenvalue weighted by Crippen LogP contribution is 2.16. The van der Waals surface area contributed by atoms with Crippen LogP contribution in [0, 0.1) is 5.82 Å². The number of halogens is 1. The van der Waals surface area contributed by atoms with Crippen molar-refractivity contribution in [1.29, 1.82) is 0 Å². The number of aliphatic hydroxyl groups excluding tert-OH is 1. The number of nitrogens with one attached hydrogen (secondary N) is 1. The highest BCUT2D eigenvalue weighted by molar-refractivity contribution is 5.98. The van der Waals surface area contributed by atoms with Gasteiger partial charge in [-0.1, -0.05) is 13.8 Å². The number of nitrogens with zero attached hydrogens (tertiary/aromatic N) is 2. The molecule has 0 fully saturated rings. The first-order valence-corrected chi connectivity index (χ1v) is 6.93. The summed E-state index contributed by atoms with van der Waals surface area (Å²) < 4.78 is 13.4. The third kappa shape index (κ3) is 4.45. The molecule has 0 atom stereocenters. The molecule has 112 valence electrons. The number of carbonyl (C=O) groups excluding carboxylic acids is 1. The molecule has 0 aliphatic rings. The largest absolute Gasteiger partial charge is 0.395 e. The quantitative estimate of drug-likeness (QED) is 0.764. The Bertz CT molecular complexity index is 434. The third-order valence-corrected chi connectivity index (χ3v) is 2.78. The first-order chi connectivity index (χ1) is 9.63. The van der Waals surface area contributed by atoms with Crippen LogP contribution in [0.15, 0.2) is 12.3 Å². The molecule has 1 amide bonds. The molecule has 20 heavy (non-hydrogen) atoms. The predicted molar refractivity (Wildman–Crippen MR) is 76.3 cm³/mol. The van der Waals surface area contributed by atoms with Crippen molar-refractivity contribution in [2.45, 2.75) is 26.7 Å². The monoisotopic (exact) mass is 283 g/mol. The van der Waals surface area contributed by atoms with E-state index in [-0.39, 0.29) is 24.6 Å². The van der Waals surface area contributed by atoms with Crippen LogP contribution in [0.5, 0.6) is 0 Å². The third-order valence-electron chi connectivity index (χ3n) is 2.78. The first-order valence-electron chi connectivity index (χ1n) is 6.93. The Balaban J connectivity index is 3.01. The lowest BCUT2D eigenvalue weighted by molar-refractivity contribution is 0.0722. The number of aromatic nitrogens is 1. The van der Waals surface area contributed by atoms with E-state index in [0.29, 0.717) is 18.9 Å². The Morgan fingerprint density at radius 1 is 1.40 bits per heavy atom. The van der Waals surface area contributed by atoms with Crippen molar-refractivity contribution in [3.05, 3.63) is 23.6 Å². The Morgan fingerprint density at radius 3 is 2.75 bits per heavy atom. The van der Waals surface area contributed by atoms with Gasteiger partial charge < -0.3 is 15.3 Å². The van der Waals surface area contributed by atoms with Crippen LogP contribution in [0.3, 0.4) is 0 Å². The lowest BCUT2D eigenvalue weighted by Crippen LogP contribution is -2.35. The fraction of sp³-hybridized carbons (Fsp3) is 0.571. The predicted octanol–water partition coefficient (Wildman–Crippen LogP) is 1.89. The minimum atomic E-state index is -0.546. The van der Waals surface area contributed by atoms with Gasteiger partial charge in [0, 0.05) is 19.6 Å². The van der Waals surface area contributed by atoms with Gasteiger partial charge in [-0.15, -0.1) is 0 Å². The average molecular weight is 283 g/mol. The van der Waals surface area contributed by atoms with Crippen molar-refractivity contribution in [2.24, 2.45) is 0 Å². The van der Waals surface area contributed by atoms with Crippen molar-refractivity contribution in [3.8, 4) is 0 Å². The molecule has 5 nitrogen and oxygen atoms in total. The van der Waals surface area contributed by atoms with E-state index in [1.807, 2.05) is 13.8 Å². The van der Waals surface area contributed by atoms with Gasteiger partial charge in [-0.2, -0.15) is 0 Å². The molecule has 0 aliphatic heterocycles. The Kier molecular flexibility index (Phi) is 6.93. The summed E-state index contributed by atoms with van der Waals surface area (Å²) in [7, 11) is 0. The number of pyridine rings is 1. The Morgan fingerprint density at radius 2 is 2.15 bits per heavy atom. The van der Waals surface area contributed by atoms with Crippen LogP contribution in [-0.4, -0.2) is 47.1 Å². The van der Waals surface area contributed by atoms with Crippen LogP contribution in [0.4, 0.5) is 10.2 Å². The van der Waals surface area contributed by atoms with E-state index in [4.69, 9.17) is 5.11 Å². The molecule has 0 bridgehead atoms.